The summed E-state index contributed by atoms with van der Waals surface area (Å²) in [7, 11) is 3.04. The molecule has 91 heavy (non-hydrogen) atoms. The number of carbonyl (C=O) groups is 4. The van der Waals surface area contributed by atoms with E-state index in [2.05, 4.69) is 55.4 Å². The topological polar surface area (TPSA) is 328 Å². The van der Waals surface area contributed by atoms with Crippen LogP contribution in [0, 0.1) is 29.9 Å². The summed E-state index contributed by atoms with van der Waals surface area (Å²) in [6, 6.07) is 12.4. The maximum Gasteiger partial charge on any atom is 0.328 e. The van der Waals surface area contributed by atoms with Crippen LogP contribution in [0.25, 0.3) is 33.5 Å². The molecule has 7 aromatic rings. The Morgan fingerprint density at radius 1 is 0.802 bits per heavy atom. The molecule has 2 fully saturated rings. The molecule has 27 nitrogen and oxygen atoms in total. The number of nitrogen functional groups attached to an aromatic ring is 1. The van der Waals surface area contributed by atoms with Gasteiger partial charge in [-0.05, 0) is 62.7 Å². The van der Waals surface area contributed by atoms with E-state index < -0.39 is 41.2 Å². The normalized spacial score (nSPS) is 14.3. The van der Waals surface area contributed by atoms with Crippen molar-refractivity contribution in [2.75, 3.05) is 147 Å². The van der Waals surface area contributed by atoms with Crippen molar-refractivity contribution in [3.63, 3.8) is 0 Å². The number of esters is 1. The van der Waals surface area contributed by atoms with Crippen LogP contribution in [0.4, 0.5) is 32.1 Å². The van der Waals surface area contributed by atoms with Gasteiger partial charge in [-0.15, -0.1) is 0 Å². The minimum Gasteiger partial charge on any atom is -0.467 e. The molecule has 0 spiro atoms. The lowest BCUT2D eigenvalue weighted by Crippen LogP contribution is -2.50. The van der Waals surface area contributed by atoms with Crippen LogP contribution in [-0.4, -0.2) is 210 Å². The Morgan fingerprint density at radius 3 is 2.14 bits per heavy atom. The Kier molecular flexibility index (Phi) is 22.9. The highest BCUT2D eigenvalue weighted by Gasteiger charge is 2.28. The zero-order valence-corrected chi connectivity index (χ0v) is 51.5. The first kappa shape index (κ1) is 66.2. The number of aryl methyl sites for hydroxylation is 1. The monoisotopic (exact) mass is 1270 g/mol. The Morgan fingerprint density at radius 2 is 1.46 bits per heavy atom. The van der Waals surface area contributed by atoms with Crippen LogP contribution < -0.4 is 31.7 Å². The maximum absolute atomic E-state index is 15.6. The van der Waals surface area contributed by atoms with Gasteiger partial charge in [0.15, 0.2) is 17.0 Å². The van der Waals surface area contributed by atoms with Crippen molar-refractivity contribution < 1.29 is 51.6 Å². The number of amides is 3. The first-order valence-corrected chi connectivity index (χ1v) is 29.8. The van der Waals surface area contributed by atoms with Gasteiger partial charge in [0.1, 0.15) is 29.7 Å². The zero-order valence-electron chi connectivity index (χ0n) is 50.8. The summed E-state index contributed by atoms with van der Waals surface area (Å²) in [6.07, 6.45) is 4.55. The number of carbonyl (C=O) groups excluding carboxylic acids is 4. The Bertz CT molecular complexity index is 3810. The summed E-state index contributed by atoms with van der Waals surface area (Å²) >= 11 is 6.71. The van der Waals surface area contributed by atoms with Crippen LogP contribution in [-0.2, 0) is 44.6 Å². The molecule has 2 atom stereocenters. The van der Waals surface area contributed by atoms with Crippen LogP contribution in [0.5, 0.6) is 0 Å². The Hall–Kier alpha value is -9.18. The second kappa shape index (κ2) is 31.5. The number of methoxy groups -OCH3 is 1. The number of fused-ring (bicyclic) bond motifs is 2. The third kappa shape index (κ3) is 17.4. The molecule has 5 N–H and O–H groups in total. The summed E-state index contributed by atoms with van der Waals surface area (Å²) in [6.45, 7) is 10.8. The summed E-state index contributed by atoms with van der Waals surface area (Å²) in [5, 5.41) is 15.5. The summed E-state index contributed by atoms with van der Waals surface area (Å²) < 4.78 is 58.1. The maximum atomic E-state index is 15.6. The molecule has 0 unspecified atom stereocenters. The lowest BCUT2D eigenvalue weighted by atomic mass is 10.0. The van der Waals surface area contributed by atoms with Crippen molar-refractivity contribution in [1.29, 1.82) is 5.26 Å². The van der Waals surface area contributed by atoms with Gasteiger partial charge in [0.25, 0.3) is 11.5 Å². The number of nitrogens with two attached hydrogens (primary N) is 1. The minimum absolute atomic E-state index is 0.0356. The molecule has 0 aliphatic carbocycles. The number of rotatable bonds is 28. The van der Waals surface area contributed by atoms with Crippen LogP contribution in [0.15, 0.2) is 71.9 Å². The van der Waals surface area contributed by atoms with Crippen molar-refractivity contribution in [3.8, 4) is 17.3 Å². The van der Waals surface area contributed by atoms with Gasteiger partial charge in [0, 0.05) is 113 Å². The van der Waals surface area contributed by atoms with E-state index in [1.807, 2.05) is 22.9 Å². The van der Waals surface area contributed by atoms with E-state index in [9.17, 15) is 33.6 Å². The molecule has 0 bridgehead atoms. The molecule has 7 heterocycles. The number of piperazine rings is 2. The minimum atomic E-state index is -1.04. The highest BCUT2D eigenvalue weighted by Crippen LogP contribution is 2.37. The van der Waals surface area contributed by atoms with Crippen molar-refractivity contribution in [3.05, 3.63) is 122 Å². The van der Waals surface area contributed by atoms with Gasteiger partial charge >= 0.3 is 5.97 Å². The number of nitrogens with zero attached hydrogens (tertiary/aromatic N) is 13. The van der Waals surface area contributed by atoms with Gasteiger partial charge in [0.2, 0.25) is 23.7 Å². The molecule has 2 aromatic carbocycles. The van der Waals surface area contributed by atoms with Gasteiger partial charge in [-0.3, -0.25) is 29.1 Å². The highest BCUT2D eigenvalue weighted by atomic mass is 35.5. The molecule has 0 saturated carbocycles. The molecule has 2 aliphatic heterocycles. The molecule has 2 aliphatic rings. The van der Waals surface area contributed by atoms with Crippen molar-refractivity contribution in [2.24, 2.45) is 0 Å². The second-order valence-corrected chi connectivity index (χ2v) is 21.9. The van der Waals surface area contributed by atoms with E-state index in [1.165, 1.54) is 50.0 Å². The number of ether oxygens (including phenoxy) is 5. The molecule has 3 amide bonds. The number of benzene rings is 2. The van der Waals surface area contributed by atoms with E-state index in [1.54, 1.807) is 47.9 Å². The predicted molar refractivity (Wildman–Crippen MR) is 332 cm³/mol. The smallest absolute Gasteiger partial charge is 0.328 e. The molecule has 5 aromatic heterocycles. The lowest BCUT2D eigenvalue weighted by Gasteiger charge is -2.34. The quantitative estimate of drug-likeness (QED) is 0.0394. The van der Waals surface area contributed by atoms with E-state index in [0.29, 0.717) is 138 Å². The molecule has 30 heteroatoms. The first-order chi connectivity index (χ1) is 44.0. The fourth-order valence-corrected chi connectivity index (χ4v) is 10.4. The van der Waals surface area contributed by atoms with Gasteiger partial charge in [-0.25, -0.2) is 43.5 Å². The van der Waals surface area contributed by atoms with E-state index in [0.717, 1.165) is 5.69 Å². The third-order valence-corrected chi connectivity index (χ3v) is 15.8. The van der Waals surface area contributed by atoms with Crippen LogP contribution in [0.2, 0.25) is 5.02 Å². The zero-order chi connectivity index (χ0) is 64.6. The number of halogens is 3. The van der Waals surface area contributed by atoms with Crippen LogP contribution >= 0.6 is 11.6 Å². The average Bonchev–Trinajstić information content (AvgIpc) is 0.793. The number of hydrogen-bond acceptors (Lipinski definition) is 23. The molecule has 9 rings (SSSR count). The van der Waals surface area contributed by atoms with Crippen molar-refractivity contribution >= 4 is 80.8 Å². The molecular weight excluding hydrogens is 1200 g/mol. The van der Waals surface area contributed by atoms with Crippen LogP contribution in [0.1, 0.15) is 58.7 Å². The Balaban J connectivity index is 0.590. The summed E-state index contributed by atoms with van der Waals surface area (Å²) in [4.78, 5) is 107. The van der Waals surface area contributed by atoms with Crippen molar-refractivity contribution in [1.82, 2.24) is 59.9 Å². The molecular formula is C61H70ClF2N17O10. The van der Waals surface area contributed by atoms with Crippen molar-refractivity contribution in [2.45, 2.75) is 45.3 Å². The SMILES string of the molecule is COC(=O)[C@H](CCC(=O)N1CCN(CCOCCOCCOCCOCC(=O)N2CCN(c3ncc(-c4nc5c(N[C@H](C)c6cc(C#N)ccc6F)c(Cl)c(C)nc5cc4F)cn3)CC2)CC1)NC(=O)c1ccc(N(C)Cc2cnc3nc(N)[nH]c(=O)c3n2)cc1. The summed E-state index contributed by atoms with van der Waals surface area (Å²) in [5.41, 5.74) is 8.90. The third-order valence-electron chi connectivity index (χ3n) is 15.3. The van der Waals surface area contributed by atoms with Crippen LogP contribution in [0.3, 0.4) is 0 Å². The van der Waals surface area contributed by atoms with Gasteiger partial charge in [-0.1, -0.05) is 11.6 Å². The number of nitrogens with one attached hydrogen (secondary N) is 3. The standard InChI is InChI=1S/C61H70ClF2N17O10/c1-37(44-29-39(31-65)5-10-45(44)63)71-54-51(62)38(2)70-48-30-46(64)52(74-53(48)54)41-32-68-61(69-33-41)81-19-17-80(18-20-81)50(83)36-91-28-27-90-26-25-89-24-23-88-22-21-78-13-15-79(16-14-78)49(82)12-11-47(59(86)87-4)73-57(84)40-6-8-43(9-7-40)77(3)35-42-34-67-56-55(72-42)58(85)76-60(66)75-56/h5-10,29-30,32-34,37,47H,11-28,35-36H2,1-4H3,(H,70,71)(H,73,84)(H3,66,67,75,76,85)/t37-,47+/m1/s1. The second-order valence-electron chi connectivity index (χ2n) is 21.5. The van der Waals surface area contributed by atoms with E-state index in [4.69, 9.17) is 41.0 Å². The highest BCUT2D eigenvalue weighted by molar-refractivity contribution is 6.35. The molecule has 480 valence electrons. The number of H-pyrrole nitrogens is 1. The first-order valence-electron chi connectivity index (χ1n) is 29.5. The number of aromatic nitrogens is 8. The fourth-order valence-electron chi connectivity index (χ4n) is 10.2. The predicted octanol–water partition coefficient (Wildman–Crippen LogP) is 4.23. The average molecular weight is 1270 g/mol. The summed E-state index contributed by atoms with van der Waals surface area (Å²) in [5.74, 6) is -2.26. The number of aromatic amines is 1. The van der Waals surface area contributed by atoms with E-state index in [-0.39, 0.29) is 88.9 Å². The Labute approximate surface area is 527 Å². The number of nitriles is 1. The molecule has 0 radical (unpaired) electrons. The van der Waals surface area contributed by atoms with Gasteiger partial charge in [0.05, 0.1) is 111 Å². The fraction of sp³-hybridized carbons (Fsp3) is 0.426. The largest absolute Gasteiger partial charge is 0.467 e. The van der Waals surface area contributed by atoms with E-state index >= 15 is 4.39 Å². The number of hydrogen-bond donors (Lipinski definition) is 4. The number of anilines is 4. The van der Waals surface area contributed by atoms with Gasteiger partial charge < -0.3 is 59.7 Å². The number of pyridine rings is 2. The van der Waals surface area contributed by atoms with Gasteiger partial charge in [-0.2, -0.15) is 10.2 Å². The molecule has 2 saturated heterocycles. The lowest BCUT2D eigenvalue weighted by molar-refractivity contribution is -0.143.